The molecule has 0 N–H and O–H groups in total. The lowest BCUT2D eigenvalue weighted by molar-refractivity contribution is 0.0771. The Morgan fingerprint density at radius 1 is 1.33 bits per heavy atom. The molecule has 1 saturated heterocycles. The van der Waals surface area contributed by atoms with Crippen LogP contribution in [0.1, 0.15) is 30.8 Å². The first-order valence-electron chi connectivity index (χ1n) is 9.37. The SMILES string of the molecule is CCN(CC)[C@@H]1CCN(C(=O)c2csc3nc(-c4ccccc4Cl)cn23)C1. The van der Waals surface area contributed by atoms with Crippen LogP contribution in [0.5, 0.6) is 0 Å². The van der Waals surface area contributed by atoms with Crippen molar-refractivity contribution < 1.29 is 4.79 Å². The standard InChI is InChI=1S/C20H23ClN4OS/c1-3-23(4-2)14-9-10-24(11-14)19(26)18-13-27-20-22-17(12-25(18)20)15-7-5-6-8-16(15)21/h5-8,12-14H,3-4,9-11H2,1-2H3/t14-/m1/s1. The van der Waals surface area contributed by atoms with Crippen molar-refractivity contribution in [2.75, 3.05) is 26.2 Å². The smallest absolute Gasteiger partial charge is 0.271 e. The Morgan fingerprint density at radius 2 is 2.11 bits per heavy atom. The van der Waals surface area contributed by atoms with Crippen molar-refractivity contribution in [2.45, 2.75) is 26.3 Å². The zero-order chi connectivity index (χ0) is 19.0. The average molecular weight is 403 g/mol. The molecule has 1 atom stereocenters. The largest absolute Gasteiger partial charge is 0.336 e. The molecule has 142 valence electrons. The highest BCUT2D eigenvalue weighted by molar-refractivity contribution is 7.15. The van der Waals surface area contributed by atoms with Crippen LogP contribution < -0.4 is 0 Å². The number of hydrogen-bond donors (Lipinski definition) is 0. The van der Waals surface area contributed by atoms with E-state index in [1.807, 2.05) is 45.1 Å². The molecule has 7 heteroatoms. The minimum absolute atomic E-state index is 0.0824. The van der Waals surface area contributed by atoms with E-state index >= 15 is 0 Å². The summed E-state index contributed by atoms with van der Waals surface area (Å²) in [4.78, 5) is 23.0. The van der Waals surface area contributed by atoms with Crippen LogP contribution in [0.3, 0.4) is 0 Å². The number of halogens is 1. The minimum atomic E-state index is 0.0824. The van der Waals surface area contributed by atoms with E-state index in [4.69, 9.17) is 11.6 Å². The molecular weight excluding hydrogens is 380 g/mol. The van der Waals surface area contributed by atoms with Crippen LogP contribution in [0.15, 0.2) is 35.8 Å². The van der Waals surface area contributed by atoms with Gasteiger partial charge in [-0.25, -0.2) is 4.98 Å². The summed E-state index contributed by atoms with van der Waals surface area (Å²) in [6.45, 7) is 8.01. The molecule has 1 fully saturated rings. The van der Waals surface area contributed by atoms with Crippen molar-refractivity contribution in [2.24, 2.45) is 0 Å². The predicted octanol–water partition coefficient (Wildman–Crippen LogP) is 4.27. The number of nitrogens with zero attached hydrogens (tertiary/aromatic N) is 4. The summed E-state index contributed by atoms with van der Waals surface area (Å²) in [6, 6.07) is 8.11. The quantitative estimate of drug-likeness (QED) is 0.639. The molecule has 1 aromatic carbocycles. The monoisotopic (exact) mass is 402 g/mol. The van der Waals surface area contributed by atoms with E-state index in [1.165, 1.54) is 11.3 Å². The molecule has 27 heavy (non-hydrogen) atoms. The highest BCUT2D eigenvalue weighted by atomic mass is 35.5. The molecule has 4 rings (SSSR count). The summed E-state index contributed by atoms with van der Waals surface area (Å²) in [6.07, 6.45) is 2.95. The van der Waals surface area contributed by atoms with Gasteiger partial charge in [-0.05, 0) is 25.6 Å². The van der Waals surface area contributed by atoms with Gasteiger partial charge in [0.15, 0.2) is 4.96 Å². The van der Waals surface area contributed by atoms with Crippen LogP contribution in [-0.2, 0) is 0 Å². The molecule has 0 radical (unpaired) electrons. The number of carbonyl (C=O) groups excluding carboxylic acids is 1. The lowest BCUT2D eigenvalue weighted by atomic mass is 10.2. The van der Waals surface area contributed by atoms with E-state index in [9.17, 15) is 4.79 Å². The first kappa shape index (κ1) is 18.5. The summed E-state index contributed by atoms with van der Waals surface area (Å²) in [7, 11) is 0. The predicted molar refractivity (Wildman–Crippen MR) is 111 cm³/mol. The summed E-state index contributed by atoms with van der Waals surface area (Å²) in [5.41, 5.74) is 2.36. The Kier molecular flexibility index (Phi) is 5.21. The highest BCUT2D eigenvalue weighted by Gasteiger charge is 2.31. The number of thiazole rings is 1. The second-order valence-corrected chi connectivity index (χ2v) is 8.04. The molecule has 1 aliphatic heterocycles. The molecule has 3 heterocycles. The normalized spacial score (nSPS) is 17.3. The van der Waals surface area contributed by atoms with Gasteiger partial charge in [0.25, 0.3) is 5.91 Å². The van der Waals surface area contributed by atoms with E-state index in [0.29, 0.717) is 16.8 Å². The summed E-state index contributed by atoms with van der Waals surface area (Å²) < 4.78 is 1.90. The molecule has 0 aliphatic carbocycles. The summed E-state index contributed by atoms with van der Waals surface area (Å²) >= 11 is 7.80. The number of likely N-dealkylation sites (N-methyl/N-ethyl adjacent to an activating group) is 1. The third-order valence-corrected chi connectivity index (χ3v) is 6.53. The second-order valence-electron chi connectivity index (χ2n) is 6.79. The molecule has 0 unspecified atom stereocenters. The van der Waals surface area contributed by atoms with Crippen LogP contribution >= 0.6 is 22.9 Å². The number of hydrogen-bond acceptors (Lipinski definition) is 4. The van der Waals surface area contributed by atoms with Gasteiger partial charge < -0.3 is 4.90 Å². The fraction of sp³-hybridized carbons (Fsp3) is 0.400. The molecule has 3 aromatic rings. The molecule has 2 aromatic heterocycles. The molecular formula is C20H23ClN4OS. The number of aromatic nitrogens is 2. The Bertz CT molecular complexity index is 962. The zero-order valence-electron chi connectivity index (χ0n) is 15.6. The molecule has 0 saturated carbocycles. The van der Waals surface area contributed by atoms with E-state index in [1.54, 1.807) is 0 Å². The van der Waals surface area contributed by atoms with Crippen molar-refractivity contribution in [1.29, 1.82) is 0 Å². The maximum atomic E-state index is 13.1. The van der Waals surface area contributed by atoms with Crippen LogP contribution in [0.25, 0.3) is 16.2 Å². The third-order valence-electron chi connectivity index (χ3n) is 5.36. The van der Waals surface area contributed by atoms with Gasteiger partial charge in [-0.1, -0.05) is 43.6 Å². The summed E-state index contributed by atoms with van der Waals surface area (Å²) in [5, 5.41) is 2.57. The van der Waals surface area contributed by atoms with Gasteiger partial charge in [0, 0.05) is 36.3 Å². The molecule has 0 spiro atoms. The topological polar surface area (TPSA) is 40.8 Å². The van der Waals surface area contributed by atoms with Gasteiger partial charge in [0.1, 0.15) is 5.69 Å². The van der Waals surface area contributed by atoms with Crippen molar-refractivity contribution in [3.63, 3.8) is 0 Å². The van der Waals surface area contributed by atoms with Gasteiger partial charge >= 0.3 is 0 Å². The number of carbonyl (C=O) groups is 1. The third kappa shape index (κ3) is 3.37. The first-order chi connectivity index (χ1) is 13.1. The van der Waals surface area contributed by atoms with Crippen LogP contribution in [0.4, 0.5) is 0 Å². The van der Waals surface area contributed by atoms with E-state index in [0.717, 1.165) is 48.8 Å². The average Bonchev–Trinajstić information content (AvgIpc) is 3.38. The molecule has 5 nitrogen and oxygen atoms in total. The molecule has 0 bridgehead atoms. The zero-order valence-corrected chi connectivity index (χ0v) is 17.1. The Hall–Kier alpha value is -1.89. The minimum Gasteiger partial charge on any atom is -0.336 e. The number of rotatable bonds is 5. The van der Waals surface area contributed by atoms with Crippen molar-refractivity contribution >= 4 is 33.8 Å². The number of fused-ring (bicyclic) bond motifs is 1. The van der Waals surface area contributed by atoms with Gasteiger partial charge in [-0.2, -0.15) is 0 Å². The second kappa shape index (κ2) is 7.62. The lowest BCUT2D eigenvalue weighted by Crippen LogP contribution is -2.38. The van der Waals surface area contributed by atoms with E-state index in [-0.39, 0.29) is 5.91 Å². The number of likely N-dealkylation sites (tertiary alicyclic amines) is 1. The van der Waals surface area contributed by atoms with Crippen LogP contribution in [0, 0.1) is 0 Å². The number of amides is 1. The van der Waals surface area contributed by atoms with Crippen molar-refractivity contribution in [1.82, 2.24) is 19.2 Å². The Balaban J connectivity index is 1.59. The molecule has 1 amide bonds. The van der Waals surface area contributed by atoms with Crippen molar-refractivity contribution in [3.8, 4) is 11.3 Å². The van der Waals surface area contributed by atoms with Gasteiger partial charge in [0.2, 0.25) is 0 Å². The van der Waals surface area contributed by atoms with Crippen LogP contribution in [-0.4, -0.2) is 57.3 Å². The highest BCUT2D eigenvalue weighted by Crippen LogP contribution is 2.29. The molecule has 1 aliphatic rings. The Labute approximate surface area is 168 Å². The maximum Gasteiger partial charge on any atom is 0.271 e. The summed E-state index contributed by atoms with van der Waals surface area (Å²) in [5.74, 6) is 0.0824. The van der Waals surface area contributed by atoms with Gasteiger partial charge in [-0.3, -0.25) is 14.1 Å². The lowest BCUT2D eigenvalue weighted by Gasteiger charge is -2.26. The van der Waals surface area contributed by atoms with Gasteiger partial charge in [-0.15, -0.1) is 11.3 Å². The van der Waals surface area contributed by atoms with Gasteiger partial charge in [0.05, 0.1) is 10.7 Å². The van der Waals surface area contributed by atoms with E-state index in [2.05, 4.69) is 23.7 Å². The van der Waals surface area contributed by atoms with E-state index < -0.39 is 0 Å². The first-order valence-corrected chi connectivity index (χ1v) is 10.6. The van der Waals surface area contributed by atoms with Crippen LogP contribution in [0.2, 0.25) is 5.02 Å². The maximum absolute atomic E-state index is 13.1. The van der Waals surface area contributed by atoms with Crippen molar-refractivity contribution in [3.05, 3.63) is 46.6 Å². The fourth-order valence-corrected chi connectivity index (χ4v) is 4.94. The number of benzene rings is 1. The number of imidazole rings is 1. The Morgan fingerprint density at radius 3 is 2.85 bits per heavy atom. The fourth-order valence-electron chi connectivity index (χ4n) is 3.86.